The molecule has 0 aliphatic rings. The molecule has 0 saturated heterocycles. The fraction of sp³-hybridized carbons (Fsp3) is 0.444. The Bertz CT molecular complexity index is 400. The summed E-state index contributed by atoms with van der Waals surface area (Å²) < 4.78 is 0.569. The first-order valence-electron chi connectivity index (χ1n) is 4.56. The van der Waals surface area contributed by atoms with Crippen LogP contribution in [0.2, 0.25) is 0 Å². The van der Waals surface area contributed by atoms with E-state index in [0.29, 0.717) is 9.37 Å². The fourth-order valence-corrected chi connectivity index (χ4v) is 2.53. The summed E-state index contributed by atoms with van der Waals surface area (Å²) in [4.78, 5) is 14.6. The number of hydrogen-bond acceptors (Lipinski definition) is 5. The summed E-state index contributed by atoms with van der Waals surface area (Å²) in [6.07, 6.45) is 2.18. The summed E-state index contributed by atoms with van der Waals surface area (Å²) in [5.41, 5.74) is -0.0492. The molecule has 7 heteroatoms. The van der Waals surface area contributed by atoms with Crippen LogP contribution in [-0.2, 0) is 0 Å². The lowest BCUT2D eigenvalue weighted by Crippen LogP contribution is -2.15. The maximum atomic E-state index is 10.8. The molecule has 0 bridgehead atoms. The molecule has 88 valence electrons. The first kappa shape index (κ1) is 13.4. The van der Waals surface area contributed by atoms with Crippen molar-refractivity contribution in [3.8, 4) is 0 Å². The van der Waals surface area contributed by atoms with Gasteiger partial charge in [0.1, 0.15) is 11.1 Å². The Morgan fingerprint density at radius 3 is 2.69 bits per heavy atom. The molecule has 0 spiro atoms. The lowest BCUT2D eigenvalue weighted by atomic mass is 10.3. The molecular formula is C9H11BrN2O3S. The van der Waals surface area contributed by atoms with E-state index in [4.69, 9.17) is 0 Å². The van der Waals surface area contributed by atoms with E-state index in [9.17, 15) is 15.2 Å². The summed E-state index contributed by atoms with van der Waals surface area (Å²) in [7, 11) is 0. The van der Waals surface area contributed by atoms with Crippen molar-refractivity contribution in [2.45, 2.75) is 30.1 Å². The summed E-state index contributed by atoms with van der Waals surface area (Å²) in [6, 6.07) is 0. The minimum Gasteiger partial charge on any atom is -0.392 e. The lowest BCUT2D eigenvalue weighted by molar-refractivity contribution is -0.388. The number of rotatable bonds is 4. The van der Waals surface area contributed by atoms with E-state index >= 15 is 0 Å². The number of aliphatic hydroxyl groups excluding tert-OH is 1. The standard InChI is InChI=1S/C9H11BrN2O3S/c1-5(13)6(2)16-9-7(10)3-11-4-8(9)12(14)15/h3-6,13H,1-2H3. The number of pyridine rings is 1. The zero-order valence-electron chi connectivity index (χ0n) is 8.75. The highest BCUT2D eigenvalue weighted by Crippen LogP contribution is 2.37. The molecule has 1 N–H and O–H groups in total. The Labute approximate surface area is 106 Å². The molecule has 5 nitrogen and oxygen atoms in total. The molecule has 2 atom stereocenters. The molecule has 16 heavy (non-hydrogen) atoms. The van der Waals surface area contributed by atoms with Gasteiger partial charge in [0.05, 0.1) is 15.5 Å². The van der Waals surface area contributed by atoms with Crippen LogP contribution in [-0.4, -0.2) is 26.4 Å². The highest BCUT2D eigenvalue weighted by molar-refractivity contribution is 9.10. The van der Waals surface area contributed by atoms with Crippen LogP contribution < -0.4 is 0 Å². The average molecular weight is 307 g/mol. The smallest absolute Gasteiger partial charge is 0.302 e. The maximum Gasteiger partial charge on any atom is 0.302 e. The molecule has 1 aromatic heterocycles. The SMILES string of the molecule is CC(O)C(C)Sc1c(Br)cncc1[N+](=O)[O-]. The predicted molar refractivity (Wildman–Crippen MR) is 65.6 cm³/mol. The van der Waals surface area contributed by atoms with E-state index in [-0.39, 0.29) is 10.9 Å². The van der Waals surface area contributed by atoms with Gasteiger partial charge in [-0.3, -0.25) is 15.1 Å². The van der Waals surface area contributed by atoms with Gasteiger partial charge in [0.25, 0.3) is 0 Å². The van der Waals surface area contributed by atoms with Crippen LogP contribution in [0.25, 0.3) is 0 Å². The van der Waals surface area contributed by atoms with Gasteiger partial charge in [-0.05, 0) is 22.9 Å². The quantitative estimate of drug-likeness (QED) is 0.525. The fourth-order valence-electron chi connectivity index (χ4n) is 0.944. The molecular weight excluding hydrogens is 296 g/mol. The molecule has 1 aromatic rings. The topological polar surface area (TPSA) is 76.3 Å². The van der Waals surface area contributed by atoms with Crippen LogP contribution in [0.1, 0.15) is 13.8 Å². The van der Waals surface area contributed by atoms with Gasteiger partial charge in [0.2, 0.25) is 0 Å². The minimum atomic E-state index is -0.537. The van der Waals surface area contributed by atoms with Crippen molar-refractivity contribution >= 4 is 33.4 Å². The molecule has 1 rings (SSSR count). The third kappa shape index (κ3) is 3.16. The highest BCUT2D eigenvalue weighted by Gasteiger charge is 2.21. The number of aromatic nitrogens is 1. The molecule has 2 unspecified atom stereocenters. The van der Waals surface area contributed by atoms with Gasteiger partial charge in [0, 0.05) is 11.4 Å². The summed E-state index contributed by atoms with van der Waals surface area (Å²) >= 11 is 4.48. The zero-order chi connectivity index (χ0) is 12.3. The Balaban J connectivity index is 3.06. The first-order chi connectivity index (χ1) is 7.43. The van der Waals surface area contributed by atoms with Crippen molar-refractivity contribution in [3.63, 3.8) is 0 Å². The van der Waals surface area contributed by atoms with Crippen LogP contribution in [0.15, 0.2) is 21.8 Å². The molecule has 1 heterocycles. The van der Waals surface area contributed by atoms with Crippen molar-refractivity contribution in [3.05, 3.63) is 27.0 Å². The molecule has 0 fully saturated rings. The number of nitrogens with zero attached hydrogens (tertiary/aromatic N) is 2. The van der Waals surface area contributed by atoms with Crippen molar-refractivity contribution in [2.24, 2.45) is 0 Å². The van der Waals surface area contributed by atoms with Gasteiger partial charge in [-0.15, -0.1) is 11.8 Å². The maximum absolute atomic E-state index is 10.8. The van der Waals surface area contributed by atoms with Gasteiger partial charge in [-0.25, -0.2) is 0 Å². The van der Waals surface area contributed by atoms with Crippen molar-refractivity contribution in [2.75, 3.05) is 0 Å². The Hall–Kier alpha value is -0.660. The highest BCUT2D eigenvalue weighted by atomic mass is 79.9. The Morgan fingerprint density at radius 1 is 1.56 bits per heavy atom. The second-order valence-corrected chi connectivity index (χ2v) is 5.53. The number of nitro groups is 1. The molecule has 0 aromatic carbocycles. The van der Waals surface area contributed by atoms with Crippen LogP contribution in [0, 0.1) is 10.1 Å². The normalized spacial score (nSPS) is 14.5. The molecule has 0 aliphatic carbocycles. The third-order valence-corrected chi connectivity index (χ3v) is 4.31. The first-order valence-corrected chi connectivity index (χ1v) is 6.23. The van der Waals surface area contributed by atoms with Gasteiger partial charge >= 0.3 is 5.69 Å². The summed E-state index contributed by atoms with van der Waals surface area (Å²) in [6.45, 7) is 3.46. The molecule has 0 aliphatic heterocycles. The summed E-state index contributed by atoms with van der Waals surface area (Å²) in [5, 5.41) is 20.0. The molecule has 0 saturated carbocycles. The number of thioether (sulfide) groups is 1. The molecule has 0 radical (unpaired) electrons. The van der Waals surface area contributed by atoms with E-state index in [1.54, 1.807) is 6.92 Å². The van der Waals surface area contributed by atoms with Crippen LogP contribution in [0.4, 0.5) is 5.69 Å². The third-order valence-electron chi connectivity index (χ3n) is 2.01. The second-order valence-electron chi connectivity index (χ2n) is 3.29. The van der Waals surface area contributed by atoms with E-state index < -0.39 is 11.0 Å². The van der Waals surface area contributed by atoms with E-state index in [1.807, 2.05) is 6.92 Å². The van der Waals surface area contributed by atoms with Gasteiger partial charge in [-0.2, -0.15) is 0 Å². The van der Waals surface area contributed by atoms with Crippen LogP contribution >= 0.6 is 27.7 Å². The average Bonchev–Trinajstić information content (AvgIpc) is 2.20. The number of halogens is 1. The second kappa shape index (κ2) is 5.60. The van der Waals surface area contributed by atoms with E-state index in [1.165, 1.54) is 24.2 Å². The van der Waals surface area contributed by atoms with E-state index in [2.05, 4.69) is 20.9 Å². The van der Waals surface area contributed by atoms with Crippen molar-refractivity contribution < 1.29 is 10.0 Å². The van der Waals surface area contributed by atoms with Gasteiger partial charge < -0.3 is 5.11 Å². The number of aliphatic hydroxyl groups is 1. The number of hydrogen-bond donors (Lipinski definition) is 1. The largest absolute Gasteiger partial charge is 0.392 e. The van der Waals surface area contributed by atoms with E-state index in [0.717, 1.165) is 0 Å². The van der Waals surface area contributed by atoms with Gasteiger partial charge in [-0.1, -0.05) is 6.92 Å². The Morgan fingerprint density at radius 2 is 2.19 bits per heavy atom. The summed E-state index contributed by atoms with van der Waals surface area (Å²) in [5.74, 6) is 0. The predicted octanol–water partition coefficient (Wildman–Crippen LogP) is 2.61. The van der Waals surface area contributed by atoms with Gasteiger partial charge in [0.15, 0.2) is 0 Å². The van der Waals surface area contributed by atoms with Crippen molar-refractivity contribution in [1.82, 2.24) is 4.98 Å². The van der Waals surface area contributed by atoms with Crippen LogP contribution in [0.5, 0.6) is 0 Å². The van der Waals surface area contributed by atoms with Crippen molar-refractivity contribution in [1.29, 1.82) is 0 Å². The zero-order valence-corrected chi connectivity index (χ0v) is 11.2. The minimum absolute atomic E-state index is 0.0492. The lowest BCUT2D eigenvalue weighted by Gasteiger charge is -2.14. The molecule has 0 amide bonds. The van der Waals surface area contributed by atoms with Crippen LogP contribution in [0.3, 0.4) is 0 Å². The monoisotopic (exact) mass is 306 g/mol. The Kier molecular flexibility index (Phi) is 4.69.